The molecule has 0 saturated heterocycles. The lowest BCUT2D eigenvalue weighted by Gasteiger charge is -2.14. The fourth-order valence-electron chi connectivity index (χ4n) is 1.25. The zero-order chi connectivity index (χ0) is 11.4. The van der Waals surface area contributed by atoms with Crippen molar-refractivity contribution < 1.29 is 19.0 Å². The summed E-state index contributed by atoms with van der Waals surface area (Å²) in [4.78, 5) is 10.8. The zero-order valence-electron chi connectivity index (χ0n) is 8.67. The van der Waals surface area contributed by atoms with E-state index in [4.69, 9.17) is 14.2 Å². The van der Waals surface area contributed by atoms with Crippen molar-refractivity contribution in [1.29, 1.82) is 0 Å². The molecule has 0 aromatic heterocycles. The van der Waals surface area contributed by atoms with Crippen LogP contribution in [0.5, 0.6) is 17.2 Å². The van der Waals surface area contributed by atoms with Crippen molar-refractivity contribution in [2.45, 2.75) is 0 Å². The molecule has 0 atom stereocenters. The smallest absolute Gasteiger partial charge is 0.177 e. The predicted octanol–water partition coefficient (Wildman–Crippen LogP) is 2.13. The molecule has 0 aliphatic heterocycles. The average molecular weight is 322 g/mol. The third-order valence-corrected chi connectivity index (χ3v) is 2.91. The number of benzene rings is 1. The minimum atomic E-state index is 0.444. The number of carbonyl (C=O) groups excluding carboxylic acids is 1. The maximum Gasteiger partial charge on any atom is 0.177 e. The molecule has 82 valence electrons. The highest BCUT2D eigenvalue weighted by Crippen LogP contribution is 2.40. The van der Waals surface area contributed by atoms with E-state index in [0.29, 0.717) is 22.8 Å². The van der Waals surface area contributed by atoms with Gasteiger partial charge in [-0.3, -0.25) is 4.79 Å². The molecule has 1 rings (SSSR count). The van der Waals surface area contributed by atoms with Gasteiger partial charge in [0.2, 0.25) is 0 Å². The number of methoxy groups -OCH3 is 3. The molecule has 1 aromatic rings. The van der Waals surface area contributed by atoms with Crippen LogP contribution in [0.2, 0.25) is 0 Å². The van der Waals surface area contributed by atoms with Crippen LogP contribution in [0.3, 0.4) is 0 Å². The summed E-state index contributed by atoms with van der Waals surface area (Å²) in [6.07, 6.45) is 0.725. The monoisotopic (exact) mass is 322 g/mol. The van der Waals surface area contributed by atoms with Gasteiger partial charge in [-0.25, -0.2) is 0 Å². The van der Waals surface area contributed by atoms with Gasteiger partial charge in [-0.15, -0.1) is 0 Å². The van der Waals surface area contributed by atoms with Gasteiger partial charge in [-0.1, -0.05) is 0 Å². The number of halogens is 1. The van der Waals surface area contributed by atoms with Crippen LogP contribution in [-0.2, 0) is 0 Å². The van der Waals surface area contributed by atoms with Gasteiger partial charge < -0.3 is 14.2 Å². The van der Waals surface area contributed by atoms with Gasteiger partial charge in [0.15, 0.2) is 17.8 Å². The summed E-state index contributed by atoms with van der Waals surface area (Å²) in [7, 11) is 4.57. The Morgan fingerprint density at radius 3 is 2.13 bits per heavy atom. The SMILES string of the molecule is COc1cc(C=O)c(OC)c(I)c1OC. The van der Waals surface area contributed by atoms with Crippen LogP contribution in [-0.4, -0.2) is 27.6 Å². The molecule has 0 radical (unpaired) electrons. The molecular formula is C10H11IO4. The Balaban J connectivity index is 3.48. The van der Waals surface area contributed by atoms with E-state index in [-0.39, 0.29) is 0 Å². The Morgan fingerprint density at radius 2 is 1.73 bits per heavy atom. The lowest BCUT2D eigenvalue weighted by atomic mass is 10.2. The van der Waals surface area contributed by atoms with Crippen molar-refractivity contribution >= 4 is 28.9 Å². The molecular weight excluding hydrogens is 311 g/mol. The normalized spacial score (nSPS) is 9.60. The van der Waals surface area contributed by atoms with Gasteiger partial charge in [0.25, 0.3) is 0 Å². The van der Waals surface area contributed by atoms with Gasteiger partial charge in [-0.2, -0.15) is 0 Å². The van der Waals surface area contributed by atoms with E-state index < -0.39 is 0 Å². The number of ether oxygens (including phenoxy) is 3. The summed E-state index contributed by atoms with van der Waals surface area (Å²) in [5.74, 6) is 1.59. The van der Waals surface area contributed by atoms with Crippen molar-refractivity contribution in [3.8, 4) is 17.2 Å². The number of hydrogen-bond acceptors (Lipinski definition) is 4. The third-order valence-electron chi connectivity index (χ3n) is 1.93. The van der Waals surface area contributed by atoms with Crippen LogP contribution in [0.4, 0.5) is 0 Å². The summed E-state index contributed by atoms with van der Waals surface area (Å²) in [5.41, 5.74) is 0.444. The lowest BCUT2D eigenvalue weighted by Crippen LogP contribution is -2.00. The summed E-state index contributed by atoms with van der Waals surface area (Å²) in [5, 5.41) is 0. The molecule has 0 unspecified atom stereocenters. The van der Waals surface area contributed by atoms with Crippen molar-refractivity contribution in [2.75, 3.05) is 21.3 Å². The molecule has 0 N–H and O–H groups in total. The molecule has 15 heavy (non-hydrogen) atoms. The molecule has 0 aliphatic carbocycles. The Labute approximate surface area is 102 Å². The van der Waals surface area contributed by atoms with E-state index in [2.05, 4.69) is 22.6 Å². The van der Waals surface area contributed by atoms with E-state index in [1.165, 1.54) is 14.2 Å². The van der Waals surface area contributed by atoms with Gasteiger partial charge >= 0.3 is 0 Å². The number of aldehydes is 1. The molecule has 4 nitrogen and oxygen atoms in total. The molecule has 0 spiro atoms. The zero-order valence-corrected chi connectivity index (χ0v) is 10.8. The number of hydrogen-bond donors (Lipinski definition) is 0. The molecule has 0 saturated carbocycles. The second-order valence-electron chi connectivity index (χ2n) is 2.67. The van der Waals surface area contributed by atoms with E-state index in [9.17, 15) is 4.79 Å². The molecule has 5 heteroatoms. The summed E-state index contributed by atoms with van der Waals surface area (Å²) >= 11 is 2.05. The standard InChI is InChI=1S/C10H11IO4/c1-13-7-4-6(5-12)9(14-2)8(11)10(7)15-3/h4-5H,1-3H3. The van der Waals surface area contributed by atoms with E-state index >= 15 is 0 Å². The van der Waals surface area contributed by atoms with Crippen LogP contribution in [0.1, 0.15) is 10.4 Å². The molecule has 1 aromatic carbocycles. The number of carbonyl (C=O) groups is 1. The molecule has 0 amide bonds. The molecule has 0 fully saturated rings. The molecule has 0 aliphatic rings. The van der Waals surface area contributed by atoms with Gasteiger partial charge in [0, 0.05) is 0 Å². The van der Waals surface area contributed by atoms with Gasteiger partial charge in [0.05, 0.1) is 26.9 Å². The Hall–Kier alpha value is -0.980. The Morgan fingerprint density at radius 1 is 1.13 bits per heavy atom. The second kappa shape index (κ2) is 5.20. The van der Waals surface area contributed by atoms with Crippen LogP contribution < -0.4 is 14.2 Å². The first-order valence-electron chi connectivity index (χ1n) is 4.13. The van der Waals surface area contributed by atoms with Crippen LogP contribution in [0.25, 0.3) is 0 Å². The highest BCUT2D eigenvalue weighted by molar-refractivity contribution is 14.1. The second-order valence-corrected chi connectivity index (χ2v) is 3.75. The predicted molar refractivity (Wildman–Crippen MR) is 64.2 cm³/mol. The minimum Gasteiger partial charge on any atom is -0.495 e. The van der Waals surface area contributed by atoms with Crippen LogP contribution >= 0.6 is 22.6 Å². The summed E-state index contributed by atoms with van der Waals surface area (Å²) < 4.78 is 16.2. The van der Waals surface area contributed by atoms with Crippen molar-refractivity contribution in [2.24, 2.45) is 0 Å². The maximum atomic E-state index is 10.8. The van der Waals surface area contributed by atoms with Crippen LogP contribution in [0, 0.1) is 3.57 Å². The van der Waals surface area contributed by atoms with E-state index in [1.807, 2.05) is 0 Å². The Kier molecular flexibility index (Phi) is 4.19. The van der Waals surface area contributed by atoms with Crippen molar-refractivity contribution in [3.63, 3.8) is 0 Å². The fraction of sp³-hybridized carbons (Fsp3) is 0.300. The molecule has 0 heterocycles. The largest absolute Gasteiger partial charge is 0.495 e. The average Bonchev–Trinajstić information content (AvgIpc) is 2.27. The topological polar surface area (TPSA) is 44.8 Å². The third kappa shape index (κ3) is 2.17. The first kappa shape index (κ1) is 12.1. The first-order chi connectivity index (χ1) is 7.19. The Bertz CT molecular complexity index is 376. The first-order valence-corrected chi connectivity index (χ1v) is 5.21. The quantitative estimate of drug-likeness (QED) is 0.629. The maximum absolute atomic E-state index is 10.8. The number of rotatable bonds is 4. The lowest BCUT2D eigenvalue weighted by molar-refractivity contribution is 0.112. The highest BCUT2D eigenvalue weighted by atomic mass is 127. The van der Waals surface area contributed by atoms with Gasteiger partial charge in [0.1, 0.15) is 9.32 Å². The minimum absolute atomic E-state index is 0.444. The summed E-state index contributed by atoms with van der Waals surface area (Å²) in [6, 6.07) is 1.59. The van der Waals surface area contributed by atoms with E-state index in [1.54, 1.807) is 13.2 Å². The van der Waals surface area contributed by atoms with Crippen LogP contribution in [0.15, 0.2) is 6.07 Å². The van der Waals surface area contributed by atoms with Crippen molar-refractivity contribution in [1.82, 2.24) is 0 Å². The van der Waals surface area contributed by atoms with Gasteiger partial charge in [-0.05, 0) is 28.7 Å². The van der Waals surface area contributed by atoms with Crippen molar-refractivity contribution in [3.05, 3.63) is 15.2 Å². The van der Waals surface area contributed by atoms with E-state index in [0.717, 1.165) is 9.86 Å². The molecule has 0 bridgehead atoms. The fourth-order valence-corrected chi connectivity index (χ4v) is 2.26. The summed E-state index contributed by atoms with van der Waals surface area (Å²) in [6.45, 7) is 0. The highest BCUT2D eigenvalue weighted by Gasteiger charge is 2.17.